The molecule has 0 radical (unpaired) electrons. The summed E-state index contributed by atoms with van der Waals surface area (Å²) < 4.78 is 18.7. The van der Waals surface area contributed by atoms with Crippen molar-refractivity contribution in [3.8, 4) is 17.4 Å². The van der Waals surface area contributed by atoms with Gasteiger partial charge in [0.15, 0.2) is 5.75 Å². The quantitative estimate of drug-likeness (QED) is 0.722. The van der Waals surface area contributed by atoms with E-state index in [9.17, 15) is 0 Å². The van der Waals surface area contributed by atoms with Crippen molar-refractivity contribution in [1.82, 2.24) is 9.88 Å². The number of nitrogens with one attached hydrogen (secondary N) is 1. The summed E-state index contributed by atoms with van der Waals surface area (Å²) in [5, 5.41) is 3.53. The van der Waals surface area contributed by atoms with Gasteiger partial charge in [-0.05, 0) is 25.5 Å². The molecule has 8 heteroatoms. The third kappa shape index (κ3) is 4.99. The third-order valence-electron chi connectivity index (χ3n) is 5.08. The molecule has 1 aliphatic rings. The van der Waals surface area contributed by atoms with Gasteiger partial charge in [-0.25, -0.2) is 0 Å². The van der Waals surface area contributed by atoms with E-state index >= 15 is 0 Å². The fraction of sp³-hybridized carbons (Fsp3) is 0.500. The molecule has 1 aromatic heterocycles. The maximum atomic E-state index is 5.59. The monoisotopic (exact) mass is 431 g/mol. The minimum absolute atomic E-state index is 0. The number of nitrogens with zero attached hydrogens (tertiary/aromatic N) is 2. The Morgan fingerprint density at radius 3 is 2.43 bits per heavy atom. The molecule has 0 aliphatic carbocycles. The zero-order chi connectivity index (χ0) is 18.5. The average molecular weight is 432 g/mol. The lowest BCUT2D eigenvalue weighted by Crippen LogP contribution is -2.52. The number of aromatic nitrogens is 1. The van der Waals surface area contributed by atoms with Crippen LogP contribution in [0.15, 0.2) is 36.5 Å². The first-order chi connectivity index (χ1) is 12.7. The van der Waals surface area contributed by atoms with Gasteiger partial charge in [-0.2, -0.15) is 0 Å². The van der Waals surface area contributed by atoms with Crippen LogP contribution in [0.4, 0.5) is 5.69 Å². The van der Waals surface area contributed by atoms with Gasteiger partial charge in [0.1, 0.15) is 5.75 Å². The molecule has 0 saturated carbocycles. The van der Waals surface area contributed by atoms with Gasteiger partial charge in [-0.3, -0.25) is 0 Å². The number of rotatable bonds is 7. The van der Waals surface area contributed by atoms with Gasteiger partial charge in [0, 0.05) is 44.0 Å². The fourth-order valence-corrected chi connectivity index (χ4v) is 3.79. The Morgan fingerprint density at radius 1 is 1.04 bits per heavy atom. The van der Waals surface area contributed by atoms with Gasteiger partial charge in [0.2, 0.25) is 5.88 Å². The van der Waals surface area contributed by atoms with E-state index in [0.29, 0.717) is 6.04 Å². The molecule has 6 nitrogen and oxygen atoms in total. The van der Waals surface area contributed by atoms with Crippen LogP contribution in [0.2, 0.25) is 0 Å². The highest BCUT2D eigenvalue weighted by Gasteiger charge is 2.27. The van der Waals surface area contributed by atoms with Crippen LogP contribution in [0.25, 0.3) is 0 Å². The maximum absolute atomic E-state index is 5.59. The van der Waals surface area contributed by atoms with Crippen molar-refractivity contribution in [2.75, 3.05) is 45.9 Å². The molecule has 2 unspecified atom stereocenters. The van der Waals surface area contributed by atoms with E-state index in [-0.39, 0.29) is 30.9 Å². The Hall–Kier alpha value is -1.76. The van der Waals surface area contributed by atoms with Gasteiger partial charge >= 0.3 is 0 Å². The Morgan fingerprint density at radius 2 is 1.75 bits per heavy atom. The molecule has 0 amide bonds. The minimum atomic E-state index is 0. The molecule has 1 aliphatic heterocycles. The van der Waals surface area contributed by atoms with E-state index < -0.39 is 0 Å². The molecule has 1 aromatic carbocycles. The van der Waals surface area contributed by atoms with Crippen LogP contribution in [-0.2, 0) is 0 Å². The predicted octanol–water partition coefficient (Wildman–Crippen LogP) is 3.79. The van der Waals surface area contributed by atoms with Crippen molar-refractivity contribution >= 4 is 30.5 Å². The molecule has 0 spiro atoms. The van der Waals surface area contributed by atoms with Crippen molar-refractivity contribution in [1.29, 1.82) is 0 Å². The highest BCUT2D eigenvalue weighted by Crippen LogP contribution is 2.35. The topological polar surface area (TPSA) is 47.9 Å². The van der Waals surface area contributed by atoms with E-state index in [4.69, 9.17) is 14.2 Å². The number of methoxy groups -OCH3 is 3. The summed E-state index contributed by atoms with van der Waals surface area (Å²) in [6, 6.07) is 10.8. The molecular formula is C20H31Cl2N3O3. The molecule has 2 heterocycles. The normalized spacial score (nSPS) is 17.1. The molecule has 0 bridgehead atoms. The Kier molecular flexibility index (Phi) is 9.79. The lowest BCUT2D eigenvalue weighted by Gasteiger charge is -2.40. The number of para-hydroxylation sites is 2. The van der Waals surface area contributed by atoms with Crippen LogP contribution in [0.5, 0.6) is 17.4 Å². The van der Waals surface area contributed by atoms with Crippen LogP contribution in [-0.4, -0.2) is 51.6 Å². The highest BCUT2D eigenvalue weighted by atomic mass is 35.5. The second kappa shape index (κ2) is 11.3. The molecule has 2 atom stereocenters. The summed E-state index contributed by atoms with van der Waals surface area (Å²) in [7, 11) is 5.08. The standard InChI is InChI=1S/C20H29N3O3.2ClH/c1-15(22-11-9-19(25-3)20(22)26-4)13-16-14-21-10-12-23(16)17-7-5-6-8-18(17)24-2;;/h5-9,11,15-16,21H,10,12-14H2,1-4H3;2*1H. The summed E-state index contributed by atoms with van der Waals surface area (Å²) >= 11 is 0. The van der Waals surface area contributed by atoms with Crippen LogP contribution in [0, 0.1) is 0 Å². The van der Waals surface area contributed by atoms with Crippen molar-refractivity contribution in [3.05, 3.63) is 36.5 Å². The summed E-state index contributed by atoms with van der Waals surface area (Å²) in [4.78, 5) is 2.46. The van der Waals surface area contributed by atoms with Gasteiger partial charge in [0.05, 0.1) is 27.0 Å². The molecule has 2 aromatic rings. The number of anilines is 1. The smallest absolute Gasteiger partial charge is 0.237 e. The minimum Gasteiger partial charge on any atom is -0.495 e. The van der Waals surface area contributed by atoms with Gasteiger partial charge in [0.25, 0.3) is 0 Å². The molecule has 28 heavy (non-hydrogen) atoms. The average Bonchev–Trinajstić information content (AvgIpc) is 3.11. The van der Waals surface area contributed by atoms with E-state index in [1.54, 1.807) is 21.3 Å². The molecule has 1 fully saturated rings. The SMILES string of the molecule is COc1ccccc1N1CCNCC1CC(C)n1ccc(OC)c1OC.Cl.Cl. The van der Waals surface area contributed by atoms with Crippen LogP contribution >= 0.6 is 24.8 Å². The summed E-state index contributed by atoms with van der Waals surface area (Å²) in [5.74, 6) is 2.46. The van der Waals surface area contributed by atoms with Crippen LogP contribution in [0.3, 0.4) is 0 Å². The number of hydrogen-bond donors (Lipinski definition) is 1. The maximum Gasteiger partial charge on any atom is 0.237 e. The Bertz CT molecular complexity index is 726. The van der Waals surface area contributed by atoms with Crippen molar-refractivity contribution in [2.45, 2.75) is 25.4 Å². The Labute approximate surface area is 180 Å². The molecule has 1 saturated heterocycles. The van der Waals surface area contributed by atoms with Gasteiger partial charge in [-0.1, -0.05) is 12.1 Å². The third-order valence-corrected chi connectivity index (χ3v) is 5.08. The second-order valence-corrected chi connectivity index (χ2v) is 6.61. The van der Waals surface area contributed by atoms with E-state index in [1.165, 1.54) is 0 Å². The molecule has 3 rings (SSSR count). The van der Waals surface area contributed by atoms with Crippen molar-refractivity contribution < 1.29 is 14.2 Å². The van der Waals surface area contributed by atoms with Gasteiger partial charge < -0.3 is 29.0 Å². The van der Waals surface area contributed by atoms with Crippen LogP contribution < -0.4 is 24.4 Å². The number of ether oxygens (including phenoxy) is 3. The van der Waals surface area contributed by atoms with Crippen molar-refractivity contribution in [2.24, 2.45) is 0 Å². The molecule has 158 valence electrons. The first kappa shape index (κ1) is 24.3. The fourth-order valence-electron chi connectivity index (χ4n) is 3.79. The van der Waals surface area contributed by atoms with Gasteiger partial charge in [-0.15, -0.1) is 24.8 Å². The lowest BCUT2D eigenvalue weighted by molar-refractivity contribution is 0.307. The summed E-state index contributed by atoms with van der Waals surface area (Å²) in [6.07, 6.45) is 3.02. The summed E-state index contributed by atoms with van der Waals surface area (Å²) in [5.41, 5.74) is 1.16. The summed E-state index contributed by atoms with van der Waals surface area (Å²) in [6.45, 7) is 5.10. The number of hydrogen-bond acceptors (Lipinski definition) is 5. The van der Waals surface area contributed by atoms with E-state index in [2.05, 4.69) is 33.8 Å². The highest BCUT2D eigenvalue weighted by molar-refractivity contribution is 5.85. The largest absolute Gasteiger partial charge is 0.495 e. The zero-order valence-corrected chi connectivity index (χ0v) is 18.5. The lowest BCUT2D eigenvalue weighted by atomic mass is 10.0. The first-order valence-electron chi connectivity index (χ1n) is 9.08. The van der Waals surface area contributed by atoms with Crippen molar-refractivity contribution in [3.63, 3.8) is 0 Å². The number of benzene rings is 1. The molecule has 1 N–H and O–H groups in total. The Balaban J connectivity index is 0.00000196. The first-order valence-corrected chi connectivity index (χ1v) is 9.08. The second-order valence-electron chi connectivity index (χ2n) is 6.61. The van der Waals surface area contributed by atoms with E-state index in [0.717, 1.165) is 49.1 Å². The number of piperazine rings is 1. The number of halogens is 2. The van der Waals surface area contributed by atoms with Crippen LogP contribution in [0.1, 0.15) is 19.4 Å². The zero-order valence-electron chi connectivity index (χ0n) is 16.9. The predicted molar refractivity (Wildman–Crippen MR) is 118 cm³/mol. The molecular weight excluding hydrogens is 401 g/mol. The van der Waals surface area contributed by atoms with E-state index in [1.807, 2.05) is 24.4 Å².